The van der Waals surface area contributed by atoms with Crippen LogP contribution in [0.5, 0.6) is 0 Å². The molecule has 3 aliphatic carbocycles. The molecular formula is C17H16BrNO. The van der Waals surface area contributed by atoms with Gasteiger partial charge in [0.25, 0.3) is 0 Å². The van der Waals surface area contributed by atoms with Crippen molar-refractivity contribution in [2.45, 2.75) is 25.2 Å². The van der Waals surface area contributed by atoms with Gasteiger partial charge in [-0.25, -0.2) is 0 Å². The average molecular weight is 330 g/mol. The Bertz CT molecular complexity index is 604. The van der Waals surface area contributed by atoms with Gasteiger partial charge < -0.3 is 0 Å². The summed E-state index contributed by atoms with van der Waals surface area (Å²) in [7, 11) is 0. The van der Waals surface area contributed by atoms with Crippen molar-refractivity contribution in [1.29, 1.82) is 5.26 Å². The van der Waals surface area contributed by atoms with Gasteiger partial charge in [0.2, 0.25) is 0 Å². The van der Waals surface area contributed by atoms with Gasteiger partial charge in [0.05, 0.1) is 6.07 Å². The van der Waals surface area contributed by atoms with Gasteiger partial charge in [-0.3, -0.25) is 4.79 Å². The van der Waals surface area contributed by atoms with Crippen LogP contribution < -0.4 is 0 Å². The molecule has 1 aromatic rings. The van der Waals surface area contributed by atoms with Gasteiger partial charge in [-0.2, -0.15) is 5.26 Å². The molecule has 4 rings (SSSR count). The zero-order valence-corrected chi connectivity index (χ0v) is 12.7. The van der Waals surface area contributed by atoms with Crippen LogP contribution in [0, 0.1) is 40.9 Å². The average Bonchev–Trinajstić information content (AvgIpc) is 2.88. The van der Waals surface area contributed by atoms with E-state index in [2.05, 4.69) is 22.0 Å². The summed E-state index contributed by atoms with van der Waals surface area (Å²) in [5.74, 6) is 2.57. The summed E-state index contributed by atoms with van der Waals surface area (Å²) in [6.07, 6.45) is 3.96. The SMILES string of the molecule is N#CC(C(=O)C1C2C3CCC(C3)C12)c1cccc(Br)c1. The van der Waals surface area contributed by atoms with Crippen molar-refractivity contribution in [3.05, 3.63) is 34.3 Å². The summed E-state index contributed by atoms with van der Waals surface area (Å²) in [5.41, 5.74) is 0.837. The number of carbonyl (C=O) groups is 1. The van der Waals surface area contributed by atoms with Gasteiger partial charge in [-0.15, -0.1) is 0 Å². The maximum atomic E-state index is 12.7. The fourth-order valence-corrected chi connectivity index (χ4v) is 5.30. The first-order valence-electron chi connectivity index (χ1n) is 7.39. The molecule has 2 nitrogen and oxygen atoms in total. The van der Waals surface area contributed by atoms with Gasteiger partial charge >= 0.3 is 0 Å². The van der Waals surface area contributed by atoms with E-state index in [-0.39, 0.29) is 11.7 Å². The van der Waals surface area contributed by atoms with E-state index >= 15 is 0 Å². The standard InChI is InChI=1S/C17H16BrNO/c18-12-3-1-2-9(7-12)13(8-19)17(20)16-14-10-4-5-11(6-10)15(14)16/h1-3,7,10-11,13-16H,4-6H2. The van der Waals surface area contributed by atoms with Crippen molar-refractivity contribution in [3.63, 3.8) is 0 Å². The summed E-state index contributed by atoms with van der Waals surface area (Å²) in [5, 5.41) is 9.44. The molecule has 5 unspecified atom stereocenters. The Morgan fingerprint density at radius 3 is 2.60 bits per heavy atom. The van der Waals surface area contributed by atoms with E-state index in [1.54, 1.807) is 0 Å². The Kier molecular flexibility index (Phi) is 2.79. The molecule has 3 saturated carbocycles. The van der Waals surface area contributed by atoms with Crippen LogP contribution >= 0.6 is 15.9 Å². The third-order valence-electron chi connectivity index (χ3n) is 5.66. The van der Waals surface area contributed by atoms with Crippen LogP contribution in [0.15, 0.2) is 28.7 Å². The highest BCUT2D eigenvalue weighted by Gasteiger charge is 2.67. The van der Waals surface area contributed by atoms with Crippen LogP contribution in [-0.2, 0) is 4.79 Å². The monoisotopic (exact) mass is 329 g/mol. The van der Waals surface area contributed by atoms with Crippen LogP contribution in [0.3, 0.4) is 0 Å². The Hall–Kier alpha value is -1.14. The predicted octanol–water partition coefficient (Wildman–Crippen LogP) is 3.92. The lowest BCUT2D eigenvalue weighted by Gasteiger charge is -2.12. The smallest absolute Gasteiger partial charge is 0.158 e. The second-order valence-corrected chi connectivity index (χ2v) is 7.45. The normalized spacial score (nSPS) is 38.1. The molecule has 102 valence electrons. The van der Waals surface area contributed by atoms with Crippen molar-refractivity contribution in [3.8, 4) is 6.07 Å². The maximum Gasteiger partial charge on any atom is 0.158 e. The highest BCUT2D eigenvalue weighted by Crippen LogP contribution is 2.70. The molecule has 5 atom stereocenters. The molecule has 3 aliphatic rings. The minimum Gasteiger partial charge on any atom is -0.298 e. The highest BCUT2D eigenvalue weighted by molar-refractivity contribution is 9.10. The quantitative estimate of drug-likeness (QED) is 0.843. The van der Waals surface area contributed by atoms with Crippen molar-refractivity contribution >= 4 is 21.7 Å². The Balaban J connectivity index is 1.58. The number of ketones is 1. The number of fused-ring (bicyclic) bond motifs is 5. The van der Waals surface area contributed by atoms with Gasteiger partial charge in [-0.1, -0.05) is 28.1 Å². The van der Waals surface area contributed by atoms with Crippen molar-refractivity contribution in [2.24, 2.45) is 29.6 Å². The molecule has 2 bridgehead atoms. The van der Waals surface area contributed by atoms with E-state index in [1.165, 1.54) is 19.3 Å². The molecule has 3 heteroatoms. The Labute approximate surface area is 127 Å². The zero-order valence-electron chi connectivity index (χ0n) is 11.1. The summed E-state index contributed by atoms with van der Waals surface area (Å²) < 4.78 is 0.930. The van der Waals surface area contributed by atoms with Gasteiger partial charge in [0.15, 0.2) is 5.78 Å². The van der Waals surface area contributed by atoms with E-state index in [1.807, 2.05) is 24.3 Å². The molecule has 0 N–H and O–H groups in total. The Morgan fingerprint density at radius 2 is 2.00 bits per heavy atom. The van der Waals surface area contributed by atoms with Gasteiger partial charge in [-0.05, 0) is 60.6 Å². The molecule has 0 saturated heterocycles. The minimum absolute atomic E-state index is 0.178. The molecule has 1 aromatic carbocycles. The molecule has 0 radical (unpaired) electrons. The number of benzene rings is 1. The Morgan fingerprint density at radius 1 is 1.30 bits per heavy atom. The van der Waals surface area contributed by atoms with Gasteiger partial charge in [0.1, 0.15) is 5.92 Å². The predicted molar refractivity (Wildman–Crippen MR) is 78.8 cm³/mol. The van der Waals surface area contributed by atoms with E-state index < -0.39 is 5.92 Å². The number of hydrogen-bond acceptors (Lipinski definition) is 2. The number of nitrogens with zero attached hydrogens (tertiary/aromatic N) is 1. The number of nitriles is 1. The first kappa shape index (κ1) is 12.6. The third kappa shape index (κ3) is 1.71. The molecule has 0 heterocycles. The number of halogens is 1. The number of carbonyl (C=O) groups excluding carboxylic acids is 1. The summed E-state index contributed by atoms with van der Waals surface area (Å²) in [6.45, 7) is 0. The second-order valence-electron chi connectivity index (χ2n) is 6.53. The van der Waals surface area contributed by atoms with E-state index in [0.717, 1.165) is 21.9 Å². The van der Waals surface area contributed by atoms with E-state index in [9.17, 15) is 10.1 Å². The van der Waals surface area contributed by atoms with Crippen molar-refractivity contribution in [2.75, 3.05) is 0 Å². The number of hydrogen-bond donors (Lipinski definition) is 0. The number of rotatable bonds is 3. The highest BCUT2D eigenvalue weighted by atomic mass is 79.9. The van der Waals surface area contributed by atoms with E-state index in [0.29, 0.717) is 11.8 Å². The molecule has 0 amide bonds. The maximum absolute atomic E-state index is 12.7. The fraction of sp³-hybridized carbons (Fsp3) is 0.529. The lowest BCUT2D eigenvalue weighted by Crippen LogP contribution is -2.17. The van der Waals surface area contributed by atoms with E-state index in [4.69, 9.17) is 0 Å². The van der Waals surface area contributed by atoms with Crippen LogP contribution in [0.4, 0.5) is 0 Å². The summed E-state index contributed by atoms with van der Waals surface area (Å²) in [4.78, 5) is 12.7. The van der Waals surface area contributed by atoms with Crippen LogP contribution in [0.25, 0.3) is 0 Å². The molecule has 0 aliphatic heterocycles. The first-order valence-corrected chi connectivity index (χ1v) is 8.19. The lowest BCUT2D eigenvalue weighted by molar-refractivity contribution is -0.121. The molecule has 0 aromatic heterocycles. The summed E-state index contributed by atoms with van der Waals surface area (Å²) in [6, 6.07) is 9.85. The zero-order chi connectivity index (χ0) is 13.9. The van der Waals surface area contributed by atoms with Crippen LogP contribution in [0.1, 0.15) is 30.7 Å². The molecule has 0 spiro atoms. The largest absolute Gasteiger partial charge is 0.298 e. The van der Waals surface area contributed by atoms with Crippen LogP contribution in [0.2, 0.25) is 0 Å². The fourth-order valence-electron chi connectivity index (χ4n) is 4.89. The number of Topliss-reactive ketones (excluding diaryl/α,β-unsaturated/α-hetero) is 1. The molecule has 3 fully saturated rings. The summed E-state index contributed by atoms with van der Waals surface area (Å²) >= 11 is 3.42. The third-order valence-corrected chi connectivity index (χ3v) is 6.15. The minimum atomic E-state index is -0.581. The first-order chi connectivity index (χ1) is 9.70. The molecule has 20 heavy (non-hydrogen) atoms. The van der Waals surface area contributed by atoms with Gasteiger partial charge in [0, 0.05) is 10.4 Å². The molecular weight excluding hydrogens is 314 g/mol. The van der Waals surface area contributed by atoms with Crippen molar-refractivity contribution in [1.82, 2.24) is 0 Å². The second kappa shape index (κ2) is 4.43. The van der Waals surface area contributed by atoms with Crippen molar-refractivity contribution < 1.29 is 4.79 Å². The lowest BCUT2D eigenvalue weighted by atomic mass is 9.89. The van der Waals surface area contributed by atoms with Crippen LogP contribution in [-0.4, -0.2) is 5.78 Å². The topological polar surface area (TPSA) is 40.9 Å².